The molecule has 1 aliphatic rings. The maximum atomic E-state index is 11.0. The van der Waals surface area contributed by atoms with Gasteiger partial charge in [0, 0.05) is 20.3 Å². The summed E-state index contributed by atoms with van der Waals surface area (Å²) in [6.45, 7) is 0. The summed E-state index contributed by atoms with van der Waals surface area (Å²) in [4.78, 5) is 11.0. The van der Waals surface area contributed by atoms with Crippen molar-refractivity contribution in [2.24, 2.45) is 5.92 Å². The van der Waals surface area contributed by atoms with Crippen molar-refractivity contribution < 1.29 is 19.0 Å². The first-order valence-electron chi connectivity index (χ1n) is 5.35. The fourth-order valence-corrected chi connectivity index (χ4v) is 1.66. The van der Waals surface area contributed by atoms with E-state index in [1.165, 1.54) is 27.4 Å². The van der Waals surface area contributed by atoms with E-state index < -0.39 is 11.8 Å². The van der Waals surface area contributed by atoms with Crippen LogP contribution in [0.15, 0.2) is 36.0 Å². The highest BCUT2D eigenvalue weighted by Crippen LogP contribution is 2.30. The third kappa shape index (κ3) is 2.89. The Kier molecular flexibility index (Phi) is 4.90. The van der Waals surface area contributed by atoms with Gasteiger partial charge in [-0.05, 0) is 17.7 Å². The molecule has 1 atom stereocenters. The van der Waals surface area contributed by atoms with Crippen LogP contribution in [-0.4, -0.2) is 33.1 Å². The molecule has 0 spiro atoms. The van der Waals surface area contributed by atoms with E-state index in [-0.39, 0.29) is 5.92 Å². The van der Waals surface area contributed by atoms with Gasteiger partial charge in [-0.1, -0.05) is 18.1 Å². The Bertz CT molecular complexity index is 433. The molecule has 0 aromatic heterocycles. The minimum absolute atomic E-state index is 0.366. The van der Waals surface area contributed by atoms with Crippen molar-refractivity contribution in [3.8, 4) is 12.3 Å². The van der Waals surface area contributed by atoms with Crippen LogP contribution in [0.25, 0.3) is 0 Å². The van der Waals surface area contributed by atoms with Crippen molar-refractivity contribution in [2.45, 2.75) is 5.79 Å². The lowest BCUT2D eigenvalue weighted by molar-refractivity contribution is -0.184. The van der Waals surface area contributed by atoms with Crippen LogP contribution in [0.2, 0.25) is 0 Å². The Morgan fingerprint density at radius 1 is 1.44 bits per heavy atom. The number of methoxy groups -OCH3 is 3. The molecule has 0 heterocycles. The van der Waals surface area contributed by atoms with Gasteiger partial charge in [0.2, 0.25) is 5.79 Å². The summed E-state index contributed by atoms with van der Waals surface area (Å²) in [6.07, 6.45) is 13.7. The lowest BCUT2D eigenvalue weighted by Gasteiger charge is -2.33. The number of carbonyl (C=O) groups excluding carboxylic acids is 1. The number of esters is 1. The number of hydrogen-bond acceptors (Lipinski definition) is 4. The molecule has 0 fully saturated rings. The molecular weight excluding hydrogens is 232 g/mol. The van der Waals surface area contributed by atoms with Crippen molar-refractivity contribution in [3.05, 3.63) is 36.0 Å². The highest BCUT2D eigenvalue weighted by atomic mass is 16.7. The van der Waals surface area contributed by atoms with Crippen molar-refractivity contribution in [1.82, 2.24) is 0 Å². The monoisotopic (exact) mass is 248 g/mol. The second-order valence-electron chi connectivity index (χ2n) is 3.63. The van der Waals surface area contributed by atoms with Crippen molar-refractivity contribution in [1.29, 1.82) is 0 Å². The van der Waals surface area contributed by atoms with Crippen molar-refractivity contribution in [3.63, 3.8) is 0 Å². The Morgan fingerprint density at radius 2 is 2.11 bits per heavy atom. The second-order valence-corrected chi connectivity index (χ2v) is 3.63. The molecule has 0 amide bonds. The quantitative estimate of drug-likeness (QED) is 0.327. The van der Waals surface area contributed by atoms with E-state index in [0.29, 0.717) is 0 Å². The SMILES string of the molecule is C#CC1C=C(C=CC(=O)OC)C=CC1(OC)OC. The molecule has 18 heavy (non-hydrogen) atoms. The lowest BCUT2D eigenvalue weighted by Crippen LogP contribution is -2.40. The van der Waals surface area contributed by atoms with E-state index in [1.54, 1.807) is 24.3 Å². The Morgan fingerprint density at radius 3 is 2.61 bits per heavy atom. The van der Waals surface area contributed by atoms with Crippen LogP contribution in [0.1, 0.15) is 0 Å². The molecule has 96 valence electrons. The molecule has 0 saturated heterocycles. The normalized spacial score (nSPS) is 21.4. The third-order valence-corrected chi connectivity index (χ3v) is 2.73. The van der Waals surface area contributed by atoms with Crippen molar-refractivity contribution >= 4 is 5.97 Å². The lowest BCUT2D eigenvalue weighted by atomic mass is 9.90. The number of terminal acetylenes is 1. The highest BCUT2D eigenvalue weighted by molar-refractivity contribution is 5.82. The molecule has 0 aromatic carbocycles. The average molecular weight is 248 g/mol. The van der Waals surface area contributed by atoms with Gasteiger partial charge in [-0.3, -0.25) is 0 Å². The van der Waals surface area contributed by atoms with E-state index in [2.05, 4.69) is 10.7 Å². The van der Waals surface area contributed by atoms with Gasteiger partial charge >= 0.3 is 5.97 Å². The molecule has 1 unspecified atom stereocenters. The zero-order valence-corrected chi connectivity index (χ0v) is 10.7. The Hall–Kier alpha value is -1.83. The van der Waals surface area contributed by atoms with Gasteiger partial charge in [0.25, 0.3) is 0 Å². The Balaban J connectivity index is 2.93. The van der Waals surface area contributed by atoms with Gasteiger partial charge in [-0.15, -0.1) is 6.42 Å². The standard InChI is InChI=1S/C14H16O4/c1-5-12-10-11(6-7-13(15)16-2)8-9-14(12,17-3)18-4/h1,6-10,12H,2-4H3. The molecule has 0 aliphatic heterocycles. The van der Waals surface area contributed by atoms with Crippen LogP contribution in [0, 0.1) is 18.3 Å². The zero-order valence-electron chi connectivity index (χ0n) is 10.7. The maximum absolute atomic E-state index is 11.0. The fourth-order valence-electron chi connectivity index (χ4n) is 1.66. The molecule has 0 aromatic rings. The number of rotatable bonds is 4. The summed E-state index contributed by atoms with van der Waals surface area (Å²) in [5, 5.41) is 0. The number of ether oxygens (including phenoxy) is 3. The largest absolute Gasteiger partial charge is 0.466 e. The maximum Gasteiger partial charge on any atom is 0.330 e. The van der Waals surface area contributed by atoms with Gasteiger partial charge < -0.3 is 14.2 Å². The predicted molar refractivity (Wildman–Crippen MR) is 67.5 cm³/mol. The molecule has 0 radical (unpaired) electrons. The summed E-state index contributed by atoms with van der Waals surface area (Å²) in [5.74, 6) is 0.868. The molecule has 1 rings (SSSR count). The summed E-state index contributed by atoms with van der Waals surface area (Å²) in [5.41, 5.74) is 0.799. The minimum Gasteiger partial charge on any atom is -0.466 e. The third-order valence-electron chi connectivity index (χ3n) is 2.73. The van der Waals surface area contributed by atoms with Crippen molar-refractivity contribution in [2.75, 3.05) is 21.3 Å². The molecule has 0 N–H and O–H groups in total. The molecule has 0 bridgehead atoms. The first-order chi connectivity index (χ1) is 8.61. The number of carbonyl (C=O) groups is 1. The molecule has 0 saturated carbocycles. The highest BCUT2D eigenvalue weighted by Gasteiger charge is 2.36. The van der Waals surface area contributed by atoms with E-state index in [9.17, 15) is 4.79 Å². The van der Waals surface area contributed by atoms with Crippen LogP contribution in [0.3, 0.4) is 0 Å². The number of allylic oxidation sites excluding steroid dienone is 3. The Labute approximate surface area is 107 Å². The summed E-state index contributed by atoms with van der Waals surface area (Å²) < 4.78 is 15.1. The average Bonchev–Trinajstić information content (AvgIpc) is 2.44. The second kappa shape index (κ2) is 6.20. The predicted octanol–water partition coefficient (Wildman–Crippen LogP) is 1.45. The minimum atomic E-state index is -0.947. The molecule has 1 aliphatic carbocycles. The fraction of sp³-hybridized carbons (Fsp3) is 0.357. The molecular formula is C14H16O4. The number of hydrogen-bond donors (Lipinski definition) is 0. The van der Waals surface area contributed by atoms with E-state index >= 15 is 0 Å². The summed E-state index contributed by atoms with van der Waals surface area (Å²) in [6, 6.07) is 0. The van der Waals surface area contributed by atoms with E-state index in [1.807, 2.05) is 0 Å². The van der Waals surface area contributed by atoms with Crippen LogP contribution in [-0.2, 0) is 19.0 Å². The smallest absolute Gasteiger partial charge is 0.330 e. The summed E-state index contributed by atoms with van der Waals surface area (Å²) >= 11 is 0. The van der Waals surface area contributed by atoms with Gasteiger partial charge in [0.15, 0.2) is 0 Å². The van der Waals surface area contributed by atoms with Gasteiger partial charge in [0.05, 0.1) is 13.0 Å². The van der Waals surface area contributed by atoms with Gasteiger partial charge in [0.1, 0.15) is 0 Å². The van der Waals surface area contributed by atoms with Crippen LogP contribution in [0.4, 0.5) is 0 Å². The van der Waals surface area contributed by atoms with E-state index in [0.717, 1.165) is 5.57 Å². The summed E-state index contributed by atoms with van der Waals surface area (Å²) in [7, 11) is 4.38. The van der Waals surface area contributed by atoms with Gasteiger partial charge in [-0.25, -0.2) is 4.79 Å². The van der Waals surface area contributed by atoms with Crippen LogP contribution >= 0.6 is 0 Å². The molecule has 4 nitrogen and oxygen atoms in total. The first kappa shape index (κ1) is 14.2. The van der Waals surface area contributed by atoms with Crippen LogP contribution < -0.4 is 0 Å². The molecule has 4 heteroatoms. The van der Waals surface area contributed by atoms with Gasteiger partial charge in [-0.2, -0.15) is 0 Å². The topological polar surface area (TPSA) is 44.8 Å². The van der Waals surface area contributed by atoms with E-state index in [4.69, 9.17) is 15.9 Å². The zero-order chi connectivity index (χ0) is 13.6. The first-order valence-corrected chi connectivity index (χ1v) is 5.35. The van der Waals surface area contributed by atoms with Crippen LogP contribution in [0.5, 0.6) is 0 Å².